The minimum absolute atomic E-state index is 0.150. The quantitative estimate of drug-likeness (QED) is 0.194. The number of amides is 2. The highest BCUT2D eigenvalue weighted by atomic mass is 35.5. The maximum atomic E-state index is 14.1. The van der Waals surface area contributed by atoms with Crippen LogP contribution in [0.5, 0.6) is 0 Å². The summed E-state index contributed by atoms with van der Waals surface area (Å²) in [5.41, 5.74) is 2.96. The van der Waals surface area contributed by atoms with Gasteiger partial charge in [0.1, 0.15) is 0 Å². The van der Waals surface area contributed by atoms with Crippen molar-refractivity contribution >= 4 is 52.1 Å². The summed E-state index contributed by atoms with van der Waals surface area (Å²) in [5, 5.41) is 18.2. The number of allylic oxidation sites excluding steroid dienone is 2. The van der Waals surface area contributed by atoms with Gasteiger partial charge in [-0.1, -0.05) is 72.9 Å². The molecule has 0 fully saturated rings. The summed E-state index contributed by atoms with van der Waals surface area (Å²) in [7, 11) is 0. The van der Waals surface area contributed by atoms with Gasteiger partial charge in [-0.25, -0.2) is 0 Å². The van der Waals surface area contributed by atoms with Gasteiger partial charge in [0.2, 0.25) is 0 Å². The Kier molecular flexibility index (Phi) is 9.47. The molecule has 0 saturated carbocycles. The molecule has 0 spiro atoms. The van der Waals surface area contributed by atoms with Crippen LogP contribution >= 0.6 is 23.2 Å². The van der Waals surface area contributed by atoms with Gasteiger partial charge in [-0.2, -0.15) is 0 Å². The van der Waals surface area contributed by atoms with Crippen molar-refractivity contribution in [2.45, 2.75) is 39.5 Å². The Labute approximate surface area is 248 Å². The van der Waals surface area contributed by atoms with Crippen LogP contribution in [0.2, 0.25) is 10.0 Å². The second-order valence-electron chi connectivity index (χ2n) is 9.66. The molecule has 0 bridgehead atoms. The van der Waals surface area contributed by atoms with E-state index in [1.165, 1.54) is 12.1 Å². The zero-order chi connectivity index (χ0) is 29.7. The van der Waals surface area contributed by atoms with Crippen molar-refractivity contribution in [1.29, 1.82) is 0 Å². The van der Waals surface area contributed by atoms with E-state index >= 15 is 0 Å². The third-order valence-electron chi connectivity index (χ3n) is 7.05. The fourth-order valence-electron chi connectivity index (χ4n) is 5.00. The van der Waals surface area contributed by atoms with E-state index in [0.29, 0.717) is 44.9 Å². The number of hydrogen-bond acceptors (Lipinski definition) is 5. The highest BCUT2D eigenvalue weighted by Crippen LogP contribution is 2.44. The van der Waals surface area contributed by atoms with Crippen molar-refractivity contribution in [2.75, 3.05) is 17.2 Å². The lowest BCUT2D eigenvalue weighted by molar-refractivity contribution is -0.384. The first kappa shape index (κ1) is 29.8. The zero-order valence-corrected chi connectivity index (χ0v) is 24.4. The monoisotopic (exact) mass is 592 g/mol. The second kappa shape index (κ2) is 13.0. The smallest absolute Gasteiger partial charge is 0.269 e. The van der Waals surface area contributed by atoms with Gasteiger partial charge < -0.3 is 15.5 Å². The number of nitro groups is 1. The lowest BCUT2D eigenvalue weighted by Crippen LogP contribution is -2.37. The van der Waals surface area contributed by atoms with Crippen LogP contribution in [-0.2, 0) is 9.59 Å². The van der Waals surface area contributed by atoms with E-state index in [1.807, 2.05) is 18.7 Å². The molecule has 41 heavy (non-hydrogen) atoms. The molecule has 10 heteroatoms. The third kappa shape index (κ3) is 6.45. The highest BCUT2D eigenvalue weighted by molar-refractivity contribution is 6.34. The van der Waals surface area contributed by atoms with E-state index in [-0.39, 0.29) is 16.8 Å². The number of rotatable bonds is 9. The number of anilines is 2. The summed E-state index contributed by atoms with van der Waals surface area (Å²) < 4.78 is 0. The lowest BCUT2D eigenvalue weighted by atomic mass is 9.78. The Balaban J connectivity index is 1.92. The molecule has 0 saturated heterocycles. The molecule has 0 aliphatic carbocycles. The van der Waals surface area contributed by atoms with Gasteiger partial charge in [0, 0.05) is 47.1 Å². The Morgan fingerprint density at radius 1 is 0.854 bits per heavy atom. The molecule has 1 aliphatic rings. The number of carbonyl (C=O) groups is 2. The number of non-ortho nitro benzene ring substituents is 1. The highest BCUT2D eigenvalue weighted by Gasteiger charge is 2.39. The van der Waals surface area contributed by atoms with Crippen LogP contribution in [0.25, 0.3) is 0 Å². The summed E-state index contributed by atoms with van der Waals surface area (Å²) in [5.74, 6) is -1.86. The van der Waals surface area contributed by atoms with Crippen molar-refractivity contribution < 1.29 is 14.5 Å². The van der Waals surface area contributed by atoms with E-state index in [0.717, 1.165) is 12.8 Å². The minimum Gasteiger partial charge on any atom is -0.348 e. The number of unbranched alkanes of at least 4 members (excludes halogenated alkanes) is 1. The number of para-hydroxylation sites is 2. The Bertz CT molecular complexity index is 1480. The van der Waals surface area contributed by atoms with Crippen molar-refractivity contribution in [1.82, 2.24) is 4.90 Å². The summed E-state index contributed by atoms with van der Waals surface area (Å²) in [4.78, 5) is 41.3. The molecule has 1 aliphatic heterocycles. The average molecular weight is 594 g/mol. The van der Waals surface area contributed by atoms with E-state index in [1.54, 1.807) is 60.7 Å². The van der Waals surface area contributed by atoms with Crippen LogP contribution in [0.1, 0.15) is 45.1 Å². The number of nitro benzene ring substituents is 1. The predicted octanol–water partition coefficient (Wildman–Crippen LogP) is 7.93. The molecule has 3 aromatic rings. The Hall–Kier alpha value is -4.14. The van der Waals surface area contributed by atoms with E-state index in [9.17, 15) is 19.7 Å². The molecule has 0 atom stereocenters. The molecule has 8 nitrogen and oxygen atoms in total. The fourth-order valence-corrected chi connectivity index (χ4v) is 5.37. The van der Waals surface area contributed by atoms with Gasteiger partial charge in [-0.15, -0.1) is 0 Å². The van der Waals surface area contributed by atoms with Crippen molar-refractivity contribution in [2.24, 2.45) is 0 Å². The number of carbonyl (C=O) groups excluding carboxylic acids is 2. The van der Waals surface area contributed by atoms with Gasteiger partial charge >= 0.3 is 0 Å². The molecule has 2 amide bonds. The Morgan fingerprint density at radius 3 is 1.83 bits per heavy atom. The van der Waals surface area contributed by atoms with Crippen LogP contribution in [-0.4, -0.2) is 28.2 Å². The second-order valence-corrected chi connectivity index (χ2v) is 10.5. The minimum atomic E-state index is -0.919. The number of hydrogen-bond donors (Lipinski definition) is 2. The SMILES string of the molecule is CCCCN1C(C)=C(C(=O)Nc2ccccc2Cl)C(c2cccc([N+](=O)[O-])c2)C(C(=O)Nc2ccccc2Cl)=C1C. The molecule has 2 N–H and O–H groups in total. The summed E-state index contributed by atoms with van der Waals surface area (Å²) in [6.07, 6.45) is 1.71. The van der Waals surface area contributed by atoms with Gasteiger partial charge in [0.05, 0.1) is 26.3 Å². The Morgan fingerprint density at radius 2 is 1.37 bits per heavy atom. The molecule has 3 aromatic carbocycles. The lowest BCUT2D eigenvalue weighted by Gasteiger charge is -2.38. The molecule has 0 aromatic heterocycles. The van der Waals surface area contributed by atoms with E-state index < -0.39 is 22.7 Å². The van der Waals surface area contributed by atoms with Crippen molar-refractivity contribution in [3.8, 4) is 0 Å². The van der Waals surface area contributed by atoms with Crippen LogP contribution in [0.15, 0.2) is 95.3 Å². The van der Waals surface area contributed by atoms with E-state index in [2.05, 4.69) is 17.6 Å². The molecule has 212 valence electrons. The molecule has 4 rings (SSSR count). The van der Waals surface area contributed by atoms with Crippen LogP contribution in [0.4, 0.5) is 17.1 Å². The van der Waals surface area contributed by atoms with Gasteiger partial charge in [0.15, 0.2) is 0 Å². The first-order valence-corrected chi connectivity index (χ1v) is 13.9. The summed E-state index contributed by atoms with van der Waals surface area (Å²) >= 11 is 12.7. The molecular formula is C31H30Cl2N4O4. The molecule has 0 unspecified atom stereocenters. The first-order chi connectivity index (χ1) is 19.6. The van der Waals surface area contributed by atoms with Gasteiger partial charge in [-0.05, 0) is 50.1 Å². The normalized spacial score (nSPS) is 13.8. The largest absolute Gasteiger partial charge is 0.348 e. The van der Waals surface area contributed by atoms with Crippen LogP contribution in [0.3, 0.4) is 0 Å². The standard InChI is InChI=1S/C31H30Cl2N4O4/c1-4-5-17-36-19(2)27(30(38)34-25-15-8-6-13-23(25)32)29(21-11-10-12-22(18-21)37(40)41)28(20(36)3)31(39)35-26-16-9-7-14-24(26)33/h6-16,18,29H,4-5,17H2,1-3H3,(H,34,38)(H,35,39). The number of nitrogens with zero attached hydrogens (tertiary/aromatic N) is 2. The maximum Gasteiger partial charge on any atom is 0.269 e. The number of benzene rings is 3. The summed E-state index contributed by atoms with van der Waals surface area (Å²) in [6.45, 7) is 6.28. The van der Waals surface area contributed by atoms with Gasteiger partial charge in [-0.3, -0.25) is 19.7 Å². The fraction of sp³-hybridized carbons (Fsp3) is 0.226. The van der Waals surface area contributed by atoms with Gasteiger partial charge in [0.25, 0.3) is 17.5 Å². The van der Waals surface area contributed by atoms with Crippen LogP contribution < -0.4 is 10.6 Å². The number of nitrogens with one attached hydrogen (secondary N) is 2. The first-order valence-electron chi connectivity index (χ1n) is 13.2. The molecule has 0 radical (unpaired) electrons. The van der Waals surface area contributed by atoms with Crippen LogP contribution in [0, 0.1) is 10.1 Å². The van der Waals surface area contributed by atoms with Crippen molar-refractivity contribution in [3.63, 3.8) is 0 Å². The topological polar surface area (TPSA) is 105 Å². The number of halogens is 2. The third-order valence-corrected chi connectivity index (χ3v) is 7.71. The summed E-state index contributed by atoms with van der Waals surface area (Å²) in [6, 6.07) is 19.7. The van der Waals surface area contributed by atoms with Crippen molar-refractivity contribution in [3.05, 3.63) is 121 Å². The maximum absolute atomic E-state index is 14.1. The molecule has 1 heterocycles. The zero-order valence-electron chi connectivity index (χ0n) is 22.9. The average Bonchev–Trinajstić information content (AvgIpc) is 2.95. The van der Waals surface area contributed by atoms with E-state index in [4.69, 9.17) is 23.2 Å². The predicted molar refractivity (Wildman–Crippen MR) is 163 cm³/mol. The molecular weight excluding hydrogens is 563 g/mol.